The number of nitrogens with one attached hydrogen (secondary N) is 1. The molecule has 2 aromatic rings. The summed E-state index contributed by atoms with van der Waals surface area (Å²) in [5, 5.41) is 2.91. The van der Waals surface area contributed by atoms with Gasteiger partial charge >= 0.3 is 0 Å². The van der Waals surface area contributed by atoms with Crippen molar-refractivity contribution in [3.05, 3.63) is 59.9 Å². The molecule has 0 radical (unpaired) electrons. The molecule has 0 bridgehead atoms. The first-order chi connectivity index (χ1) is 14.0. The van der Waals surface area contributed by atoms with E-state index < -0.39 is 0 Å². The van der Waals surface area contributed by atoms with Crippen molar-refractivity contribution in [2.45, 2.75) is 26.7 Å². The van der Waals surface area contributed by atoms with Gasteiger partial charge in [0.05, 0.1) is 5.92 Å². The summed E-state index contributed by atoms with van der Waals surface area (Å²) >= 11 is 0. The van der Waals surface area contributed by atoms with Gasteiger partial charge in [-0.1, -0.05) is 18.2 Å². The smallest absolute Gasteiger partial charge is 0.229 e. The minimum atomic E-state index is -0.384. The van der Waals surface area contributed by atoms with E-state index in [1.807, 2.05) is 24.3 Å². The van der Waals surface area contributed by atoms with Crippen LogP contribution in [0.5, 0.6) is 0 Å². The summed E-state index contributed by atoms with van der Waals surface area (Å²) < 4.78 is 13.8. The third-order valence-electron chi connectivity index (χ3n) is 5.46. The molecular formula is C23H28FN3O2. The lowest BCUT2D eigenvalue weighted by Gasteiger charge is -2.21. The fourth-order valence-corrected chi connectivity index (χ4v) is 3.71. The molecule has 0 aliphatic carbocycles. The number of halogens is 1. The second-order valence-electron chi connectivity index (χ2n) is 7.29. The van der Waals surface area contributed by atoms with Crippen molar-refractivity contribution < 1.29 is 14.0 Å². The normalized spacial score (nSPS) is 16.2. The number of amides is 2. The second kappa shape index (κ2) is 9.54. The first-order valence-electron chi connectivity index (χ1n) is 10.2. The van der Waals surface area contributed by atoms with Gasteiger partial charge in [0.2, 0.25) is 11.8 Å². The quantitative estimate of drug-likeness (QED) is 0.739. The zero-order valence-electron chi connectivity index (χ0n) is 17.0. The number of carbonyl (C=O) groups excluding carboxylic acids is 2. The monoisotopic (exact) mass is 397 g/mol. The van der Waals surface area contributed by atoms with Crippen LogP contribution in [0.1, 0.15) is 25.8 Å². The highest BCUT2D eigenvalue weighted by Crippen LogP contribution is 2.22. The maximum absolute atomic E-state index is 13.8. The number of likely N-dealkylation sites (tertiary alicyclic amines) is 1. The maximum atomic E-state index is 13.8. The Morgan fingerprint density at radius 2 is 1.83 bits per heavy atom. The summed E-state index contributed by atoms with van der Waals surface area (Å²) in [6.45, 7) is 6.85. The molecule has 0 saturated carbocycles. The van der Waals surface area contributed by atoms with E-state index in [9.17, 15) is 14.0 Å². The Morgan fingerprint density at radius 3 is 2.48 bits per heavy atom. The molecule has 29 heavy (non-hydrogen) atoms. The van der Waals surface area contributed by atoms with Crippen molar-refractivity contribution in [1.82, 2.24) is 4.90 Å². The summed E-state index contributed by atoms with van der Waals surface area (Å²) in [6.07, 6.45) is 0.639. The molecule has 2 amide bonds. The summed E-state index contributed by atoms with van der Waals surface area (Å²) in [5.41, 5.74) is 2.42. The minimum absolute atomic E-state index is 0.0571. The molecule has 154 valence electrons. The summed E-state index contributed by atoms with van der Waals surface area (Å²) in [4.78, 5) is 28.8. The Balaban J connectivity index is 1.54. The van der Waals surface area contributed by atoms with Gasteiger partial charge in [-0.05, 0) is 56.2 Å². The highest BCUT2D eigenvalue weighted by molar-refractivity contribution is 5.97. The van der Waals surface area contributed by atoms with E-state index in [4.69, 9.17) is 0 Å². The topological polar surface area (TPSA) is 52.7 Å². The zero-order chi connectivity index (χ0) is 20.8. The number of carbonyl (C=O) groups is 2. The van der Waals surface area contributed by atoms with Gasteiger partial charge in [0, 0.05) is 44.0 Å². The molecule has 1 saturated heterocycles. The van der Waals surface area contributed by atoms with Crippen LogP contribution in [0.25, 0.3) is 0 Å². The molecule has 1 N–H and O–H groups in total. The SMILES string of the molecule is CCN(CC)c1ccc(NC(=O)C2CC(=O)N(CCc3ccccc3F)C2)cc1. The zero-order valence-corrected chi connectivity index (χ0v) is 17.0. The first kappa shape index (κ1) is 20.8. The van der Waals surface area contributed by atoms with E-state index in [1.54, 1.807) is 23.1 Å². The molecule has 1 aliphatic rings. The van der Waals surface area contributed by atoms with E-state index in [2.05, 4.69) is 24.1 Å². The fraction of sp³-hybridized carbons (Fsp3) is 0.391. The highest BCUT2D eigenvalue weighted by atomic mass is 19.1. The van der Waals surface area contributed by atoms with Crippen molar-refractivity contribution in [1.29, 1.82) is 0 Å². The first-order valence-corrected chi connectivity index (χ1v) is 10.2. The standard InChI is InChI=1S/C23H28FN3O2/c1-3-26(4-2)20-11-9-19(10-12-20)25-23(29)18-15-22(28)27(16-18)14-13-17-7-5-6-8-21(17)24/h5-12,18H,3-4,13-16H2,1-2H3,(H,25,29). The predicted molar refractivity (Wildman–Crippen MR) is 113 cm³/mol. The van der Waals surface area contributed by atoms with Gasteiger partial charge in [-0.15, -0.1) is 0 Å². The Labute approximate surface area is 171 Å². The van der Waals surface area contributed by atoms with E-state index in [1.165, 1.54) is 6.07 Å². The molecule has 1 unspecified atom stereocenters. The van der Waals surface area contributed by atoms with Crippen molar-refractivity contribution in [2.75, 3.05) is 36.4 Å². The van der Waals surface area contributed by atoms with E-state index in [0.717, 1.165) is 24.5 Å². The average Bonchev–Trinajstić information content (AvgIpc) is 3.10. The Morgan fingerprint density at radius 1 is 1.14 bits per heavy atom. The van der Waals surface area contributed by atoms with Gasteiger partial charge in [0.1, 0.15) is 5.82 Å². The Kier molecular flexibility index (Phi) is 6.86. The van der Waals surface area contributed by atoms with Gasteiger partial charge in [0.15, 0.2) is 0 Å². The third-order valence-corrected chi connectivity index (χ3v) is 5.46. The van der Waals surface area contributed by atoms with Crippen LogP contribution in [0.2, 0.25) is 0 Å². The van der Waals surface area contributed by atoms with E-state index >= 15 is 0 Å². The number of benzene rings is 2. The number of nitrogens with zero attached hydrogens (tertiary/aromatic N) is 2. The highest BCUT2D eigenvalue weighted by Gasteiger charge is 2.34. The molecule has 5 nitrogen and oxygen atoms in total. The number of rotatable bonds is 8. The lowest BCUT2D eigenvalue weighted by Crippen LogP contribution is -2.30. The van der Waals surface area contributed by atoms with Crippen LogP contribution in [-0.4, -0.2) is 42.9 Å². The summed E-state index contributed by atoms with van der Waals surface area (Å²) in [7, 11) is 0. The number of anilines is 2. The summed E-state index contributed by atoms with van der Waals surface area (Å²) in [6, 6.07) is 14.3. The van der Waals surface area contributed by atoms with Crippen molar-refractivity contribution in [2.24, 2.45) is 5.92 Å². The van der Waals surface area contributed by atoms with Crippen molar-refractivity contribution >= 4 is 23.2 Å². The van der Waals surface area contributed by atoms with Gasteiger partial charge < -0.3 is 15.1 Å². The van der Waals surface area contributed by atoms with Crippen LogP contribution >= 0.6 is 0 Å². The minimum Gasteiger partial charge on any atom is -0.372 e. The third kappa shape index (κ3) is 5.13. The average molecular weight is 397 g/mol. The summed E-state index contributed by atoms with van der Waals surface area (Å²) in [5.74, 6) is -0.854. The largest absolute Gasteiger partial charge is 0.372 e. The van der Waals surface area contributed by atoms with Gasteiger partial charge in [-0.3, -0.25) is 9.59 Å². The molecule has 3 rings (SSSR count). The van der Waals surface area contributed by atoms with Gasteiger partial charge in [-0.2, -0.15) is 0 Å². The molecule has 1 heterocycles. The van der Waals surface area contributed by atoms with Crippen molar-refractivity contribution in [3.63, 3.8) is 0 Å². The lowest BCUT2D eigenvalue weighted by atomic mass is 10.1. The Hall–Kier alpha value is -2.89. The second-order valence-corrected chi connectivity index (χ2v) is 7.29. The molecule has 1 aliphatic heterocycles. The lowest BCUT2D eigenvalue weighted by molar-refractivity contribution is -0.128. The molecular weight excluding hydrogens is 369 g/mol. The van der Waals surface area contributed by atoms with Crippen LogP contribution in [0.4, 0.5) is 15.8 Å². The van der Waals surface area contributed by atoms with Crippen LogP contribution < -0.4 is 10.2 Å². The van der Waals surface area contributed by atoms with Crippen LogP contribution in [-0.2, 0) is 16.0 Å². The van der Waals surface area contributed by atoms with Crippen LogP contribution in [0.15, 0.2) is 48.5 Å². The fourth-order valence-electron chi connectivity index (χ4n) is 3.71. The molecule has 2 aromatic carbocycles. The van der Waals surface area contributed by atoms with Crippen molar-refractivity contribution in [3.8, 4) is 0 Å². The van der Waals surface area contributed by atoms with E-state index in [0.29, 0.717) is 25.1 Å². The van der Waals surface area contributed by atoms with E-state index in [-0.39, 0.29) is 30.0 Å². The number of hydrogen-bond acceptors (Lipinski definition) is 3. The maximum Gasteiger partial charge on any atom is 0.229 e. The molecule has 1 fully saturated rings. The molecule has 6 heteroatoms. The molecule has 1 atom stereocenters. The van der Waals surface area contributed by atoms with Crippen LogP contribution in [0, 0.1) is 11.7 Å². The number of hydrogen-bond donors (Lipinski definition) is 1. The Bertz CT molecular complexity index is 849. The predicted octanol–water partition coefficient (Wildman–Crippen LogP) is 3.70. The van der Waals surface area contributed by atoms with Crippen LogP contribution in [0.3, 0.4) is 0 Å². The molecule has 0 aromatic heterocycles. The molecule has 0 spiro atoms. The van der Waals surface area contributed by atoms with Gasteiger partial charge in [0.25, 0.3) is 0 Å². The van der Waals surface area contributed by atoms with Gasteiger partial charge in [-0.25, -0.2) is 4.39 Å².